The van der Waals surface area contributed by atoms with Crippen molar-refractivity contribution in [3.8, 4) is 0 Å². The molecule has 0 radical (unpaired) electrons. The topological polar surface area (TPSA) is 55.9 Å². The number of nitrogens with one attached hydrogen (secondary N) is 1. The second kappa shape index (κ2) is 5.46. The van der Waals surface area contributed by atoms with Crippen LogP contribution in [0, 0.1) is 5.92 Å². The second-order valence-corrected chi connectivity index (χ2v) is 4.84. The van der Waals surface area contributed by atoms with Crippen molar-refractivity contribution in [2.45, 2.75) is 44.6 Å². The van der Waals surface area contributed by atoms with Crippen LogP contribution in [0.25, 0.3) is 0 Å². The molecular formula is C12H22N4. The second-order valence-electron chi connectivity index (χ2n) is 4.84. The molecule has 1 aromatic heterocycles. The summed E-state index contributed by atoms with van der Waals surface area (Å²) in [5.74, 6) is 6.37. The van der Waals surface area contributed by atoms with Gasteiger partial charge in [0.2, 0.25) is 0 Å². The Bertz CT molecular complexity index is 313. The van der Waals surface area contributed by atoms with Crippen LogP contribution >= 0.6 is 0 Å². The molecule has 1 saturated carbocycles. The van der Waals surface area contributed by atoms with E-state index in [4.69, 9.17) is 5.84 Å². The van der Waals surface area contributed by atoms with Gasteiger partial charge in [-0.1, -0.05) is 25.7 Å². The minimum absolute atomic E-state index is 0.270. The predicted octanol–water partition coefficient (Wildman–Crippen LogP) is 1.89. The molecule has 0 bridgehead atoms. The van der Waals surface area contributed by atoms with E-state index in [0.717, 1.165) is 0 Å². The predicted molar refractivity (Wildman–Crippen MR) is 64.5 cm³/mol. The number of hydrazine groups is 1. The number of rotatable bonds is 3. The average Bonchev–Trinajstić information content (AvgIpc) is 2.55. The summed E-state index contributed by atoms with van der Waals surface area (Å²) in [6, 6.07) is 0.270. The van der Waals surface area contributed by atoms with Crippen molar-refractivity contribution >= 4 is 0 Å². The van der Waals surface area contributed by atoms with Gasteiger partial charge in [0.15, 0.2) is 0 Å². The highest BCUT2D eigenvalue weighted by atomic mass is 15.3. The van der Waals surface area contributed by atoms with Gasteiger partial charge in [-0.15, -0.1) is 0 Å². The maximum atomic E-state index is 5.71. The first-order valence-corrected chi connectivity index (χ1v) is 6.26. The summed E-state index contributed by atoms with van der Waals surface area (Å²) in [6.07, 6.45) is 12.0. The summed E-state index contributed by atoms with van der Waals surface area (Å²) in [6.45, 7) is 0. The summed E-state index contributed by atoms with van der Waals surface area (Å²) in [7, 11) is 1.95. The molecule has 1 unspecified atom stereocenters. The first-order valence-electron chi connectivity index (χ1n) is 6.26. The highest BCUT2D eigenvalue weighted by Crippen LogP contribution is 2.32. The van der Waals surface area contributed by atoms with Gasteiger partial charge in [0, 0.05) is 18.8 Å². The zero-order chi connectivity index (χ0) is 11.4. The molecule has 0 aromatic carbocycles. The van der Waals surface area contributed by atoms with E-state index in [9.17, 15) is 0 Å². The normalized spacial score (nSPS) is 20.6. The molecule has 1 heterocycles. The van der Waals surface area contributed by atoms with Crippen molar-refractivity contribution in [3.63, 3.8) is 0 Å². The van der Waals surface area contributed by atoms with Crippen molar-refractivity contribution < 1.29 is 0 Å². The molecule has 16 heavy (non-hydrogen) atoms. The van der Waals surface area contributed by atoms with Gasteiger partial charge in [-0.2, -0.15) is 5.10 Å². The number of aryl methyl sites for hydroxylation is 1. The van der Waals surface area contributed by atoms with Gasteiger partial charge < -0.3 is 0 Å². The number of nitrogens with two attached hydrogens (primary N) is 1. The first-order chi connectivity index (χ1) is 7.81. The molecule has 0 spiro atoms. The van der Waals surface area contributed by atoms with Gasteiger partial charge in [0.25, 0.3) is 0 Å². The molecule has 4 heteroatoms. The fourth-order valence-electron chi connectivity index (χ4n) is 2.75. The molecule has 0 saturated heterocycles. The quantitative estimate of drug-likeness (QED) is 0.466. The maximum absolute atomic E-state index is 5.71. The Morgan fingerprint density at radius 2 is 2.06 bits per heavy atom. The molecule has 1 aliphatic carbocycles. The zero-order valence-electron chi connectivity index (χ0n) is 10.0. The van der Waals surface area contributed by atoms with Crippen LogP contribution in [0.3, 0.4) is 0 Å². The molecule has 1 atom stereocenters. The number of hydrogen-bond acceptors (Lipinski definition) is 3. The van der Waals surface area contributed by atoms with Crippen molar-refractivity contribution in [1.29, 1.82) is 0 Å². The molecule has 2 rings (SSSR count). The van der Waals surface area contributed by atoms with Crippen LogP contribution in [-0.2, 0) is 7.05 Å². The van der Waals surface area contributed by atoms with E-state index in [-0.39, 0.29) is 6.04 Å². The fourth-order valence-corrected chi connectivity index (χ4v) is 2.75. The largest absolute Gasteiger partial charge is 0.275 e. The molecule has 1 aliphatic rings. The van der Waals surface area contributed by atoms with E-state index >= 15 is 0 Å². The lowest BCUT2D eigenvalue weighted by Crippen LogP contribution is -2.33. The maximum Gasteiger partial charge on any atom is 0.0538 e. The summed E-state index contributed by atoms with van der Waals surface area (Å²) < 4.78 is 1.84. The lowest BCUT2D eigenvalue weighted by atomic mass is 9.89. The van der Waals surface area contributed by atoms with Crippen LogP contribution in [0.5, 0.6) is 0 Å². The Morgan fingerprint density at radius 1 is 1.38 bits per heavy atom. The summed E-state index contributed by atoms with van der Waals surface area (Å²) >= 11 is 0. The standard InChI is InChI=1S/C12H22N4/c1-16-9-11(8-14-16)12(15-13)10-6-4-2-3-5-7-10/h8-10,12,15H,2-7,13H2,1H3. The average molecular weight is 222 g/mol. The van der Waals surface area contributed by atoms with Gasteiger partial charge in [0.05, 0.1) is 12.2 Å². The summed E-state index contributed by atoms with van der Waals surface area (Å²) in [5.41, 5.74) is 4.20. The van der Waals surface area contributed by atoms with E-state index in [1.165, 1.54) is 44.1 Å². The molecule has 0 aliphatic heterocycles. The van der Waals surface area contributed by atoms with Crippen LogP contribution in [0.1, 0.15) is 50.1 Å². The monoisotopic (exact) mass is 222 g/mol. The fraction of sp³-hybridized carbons (Fsp3) is 0.750. The van der Waals surface area contributed by atoms with Crippen LogP contribution < -0.4 is 11.3 Å². The highest BCUT2D eigenvalue weighted by Gasteiger charge is 2.24. The number of hydrogen-bond donors (Lipinski definition) is 2. The molecule has 1 aromatic rings. The lowest BCUT2D eigenvalue weighted by Gasteiger charge is -2.24. The summed E-state index contributed by atoms with van der Waals surface area (Å²) in [5, 5.41) is 4.22. The first kappa shape index (κ1) is 11.6. The van der Waals surface area contributed by atoms with Crippen LogP contribution in [-0.4, -0.2) is 9.78 Å². The Kier molecular flexibility index (Phi) is 3.96. The van der Waals surface area contributed by atoms with Crippen molar-refractivity contribution in [2.75, 3.05) is 0 Å². The van der Waals surface area contributed by atoms with Crippen molar-refractivity contribution in [1.82, 2.24) is 15.2 Å². The van der Waals surface area contributed by atoms with Gasteiger partial charge in [-0.3, -0.25) is 16.0 Å². The van der Waals surface area contributed by atoms with Gasteiger partial charge in [0.1, 0.15) is 0 Å². The minimum atomic E-state index is 0.270. The summed E-state index contributed by atoms with van der Waals surface area (Å²) in [4.78, 5) is 0. The molecule has 4 nitrogen and oxygen atoms in total. The minimum Gasteiger partial charge on any atom is -0.275 e. The lowest BCUT2D eigenvalue weighted by molar-refractivity contribution is 0.329. The van der Waals surface area contributed by atoms with Crippen molar-refractivity contribution in [2.24, 2.45) is 18.8 Å². The van der Waals surface area contributed by atoms with Crippen LogP contribution in [0.15, 0.2) is 12.4 Å². The van der Waals surface area contributed by atoms with Gasteiger partial charge in [-0.25, -0.2) is 0 Å². The van der Waals surface area contributed by atoms with E-state index in [2.05, 4.69) is 16.7 Å². The Hall–Kier alpha value is -0.870. The highest BCUT2D eigenvalue weighted by molar-refractivity contribution is 5.11. The third-order valence-electron chi connectivity index (χ3n) is 3.63. The van der Waals surface area contributed by atoms with Gasteiger partial charge >= 0.3 is 0 Å². The third kappa shape index (κ3) is 2.62. The SMILES string of the molecule is Cn1cc(C(NN)C2CCCCCC2)cn1. The molecular weight excluding hydrogens is 200 g/mol. The van der Waals surface area contributed by atoms with E-state index in [0.29, 0.717) is 5.92 Å². The van der Waals surface area contributed by atoms with Crippen molar-refractivity contribution in [3.05, 3.63) is 18.0 Å². The third-order valence-corrected chi connectivity index (χ3v) is 3.63. The number of nitrogens with zero attached hydrogens (tertiary/aromatic N) is 2. The van der Waals surface area contributed by atoms with E-state index in [1.807, 2.05) is 17.9 Å². The zero-order valence-corrected chi connectivity index (χ0v) is 10.0. The number of aromatic nitrogens is 2. The molecule has 1 fully saturated rings. The molecule has 0 amide bonds. The Labute approximate surface area is 97.2 Å². The Balaban J connectivity index is 2.08. The van der Waals surface area contributed by atoms with E-state index in [1.54, 1.807) is 0 Å². The smallest absolute Gasteiger partial charge is 0.0538 e. The van der Waals surface area contributed by atoms with Gasteiger partial charge in [-0.05, 0) is 18.8 Å². The van der Waals surface area contributed by atoms with E-state index < -0.39 is 0 Å². The Morgan fingerprint density at radius 3 is 2.56 bits per heavy atom. The van der Waals surface area contributed by atoms with Crippen LogP contribution in [0.2, 0.25) is 0 Å². The van der Waals surface area contributed by atoms with Crippen LogP contribution in [0.4, 0.5) is 0 Å². The molecule has 90 valence electrons. The molecule has 3 N–H and O–H groups in total.